The fourth-order valence-corrected chi connectivity index (χ4v) is 1.89. The van der Waals surface area contributed by atoms with E-state index < -0.39 is 18.6 Å². The molecule has 1 rings (SSSR count). The molecule has 0 aliphatic carbocycles. The Hall–Kier alpha value is -0.790. The van der Waals surface area contributed by atoms with E-state index in [-0.39, 0.29) is 12.1 Å². The van der Waals surface area contributed by atoms with E-state index in [1.54, 1.807) is 18.2 Å². The summed E-state index contributed by atoms with van der Waals surface area (Å²) in [5, 5.41) is 0. The Morgan fingerprint density at radius 3 is 2.53 bits per heavy atom. The maximum atomic E-state index is 12.3. The van der Waals surface area contributed by atoms with Crippen LogP contribution in [0.5, 0.6) is 0 Å². The van der Waals surface area contributed by atoms with Crippen molar-refractivity contribution in [2.24, 2.45) is 0 Å². The summed E-state index contributed by atoms with van der Waals surface area (Å²) in [6.45, 7) is 0.342. The summed E-state index contributed by atoms with van der Waals surface area (Å²) in [5.74, 6) is -0.594. The average Bonchev–Trinajstić information content (AvgIpc) is 2.23. The molecule has 17 heavy (non-hydrogen) atoms. The van der Waals surface area contributed by atoms with Crippen molar-refractivity contribution in [3.05, 3.63) is 33.4 Å². The van der Waals surface area contributed by atoms with Crippen molar-refractivity contribution in [1.29, 1.82) is 0 Å². The van der Waals surface area contributed by atoms with Crippen LogP contribution in [0.25, 0.3) is 0 Å². The van der Waals surface area contributed by atoms with Gasteiger partial charge in [0.1, 0.15) is 6.54 Å². The summed E-state index contributed by atoms with van der Waals surface area (Å²) < 4.78 is 37.6. The Morgan fingerprint density at radius 1 is 1.41 bits per heavy atom. The molecular formula is C11H11F3INO. The summed E-state index contributed by atoms with van der Waals surface area (Å²) in [4.78, 5) is 12.6. The number of hydrogen-bond acceptors (Lipinski definition) is 1. The normalized spacial score (nSPS) is 11.4. The van der Waals surface area contributed by atoms with Crippen molar-refractivity contribution >= 4 is 28.5 Å². The average molecular weight is 357 g/mol. The predicted octanol–water partition coefficient (Wildman–Crippen LogP) is 3.32. The third-order valence-corrected chi connectivity index (χ3v) is 2.78. The maximum Gasteiger partial charge on any atom is 0.406 e. The van der Waals surface area contributed by atoms with Crippen LogP contribution in [0.15, 0.2) is 24.3 Å². The molecule has 0 heterocycles. The fourth-order valence-electron chi connectivity index (χ4n) is 1.35. The SMILES string of the molecule is CCN(CC(F)(F)F)C(=O)c1cccc(I)c1. The molecule has 0 saturated heterocycles. The Morgan fingerprint density at radius 2 is 2.06 bits per heavy atom. The van der Waals surface area contributed by atoms with Crippen LogP contribution in [-0.2, 0) is 0 Å². The molecule has 0 N–H and O–H groups in total. The highest BCUT2D eigenvalue weighted by atomic mass is 127. The summed E-state index contributed by atoms with van der Waals surface area (Å²) in [7, 11) is 0. The Kier molecular flexibility index (Phi) is 4.79. The summed E-state index contributed by atoms with van der Waals surface area (Å²) in [6, 6.07) is 6.51. The molecule has 0 spiro atoms. The molecule has 0 unspecified atom stereocenters. The number of halogens is 4. The lowest BCUT2D eigenvalue weighted by Crippen LogP contribution is -2.38. The Balaban J connectivity index is 2.87. The van der Waals surface area contributed by atoms with Crippen molar-refractivity contribution in [2.45, 2.75) is 13.1 Å². The zero-order chi connectivity index (χ0) is 13.1. The second-order valence-electron chi connectivity index (χ2n) is 3.44. The molecule has 0 aliphatic heterocycles. The van der Waals surface area contributed by atoms with Crippen molar-refractivity contribution < 1.29 is 18.0 Å². The monoisotopic (exact) mass is 357 g/mol. The van der Waals surface area contributed by atoms with Gasteiger partial charge in [0.15, 0.2) is 0 Å². The molecule has 94 valence electrons. The zero-order valence-corrected chi connectivity index (χ0v) is 11.2. The number of hydrogen-bond donors (Lipinski definition) is 0. The first-order valence-corrected chi connectivity index (χ1v) is 6.03. The molecule has 0 bridgehead atoms. The standard InChI is InChI=1S/C11H11F3INO/c1-2-16(7-11(12,13)14)10(17)8-4-3-5-9(15)6-8/h3-6H,2,7H2,1H3. The molecule has 0 saturated carbocycles. The van der Waals surface area contributed by atoms with Gasteiger partial charge in [-0.25, -0.2) is 0 Å². The van der Waals surface area contributed by atoms with Gasteiger partial charge in [0.05, 0.1) is 0 Å². The lowest BCUT2D eigenvalue weighted by atomic mass is 10.2. The molecule has 6 heteroatoms. The van der Waals surface area contributed by atoms with E-state index in [9.17, 15) is 18.0 Å². The first kappa shape index (κ1) is 14.3. The summed E-state index contributed by atoms with van der Waals surface area (Å²) >= 11 is 2.01. The van der Waals surface area contributed by atoms with E-state index in [4.69, 9.17) is 0 Å². The number of nitrogens with zero attached hydrogens (tertiary/aromatic N) is 1. The highest BCUT2D eigenvalue weighted by Gasteiger charge is 2.32. The number of amides is 1. The molecule has 0 aromatic heterocycles. The van der Waals surface area contributed by atoms with Gasteiger partial charge in [0, 0.05) is 15.7 Å². The van der Waals surface area contributed by atoms with Gasteiger partial charge in [0.25, 0.3) is 5.91 Å². The second-order valence-corrected chi connectivity index (χ2v) is 4.69. The van der Waals surface area contributed by atoms with Crippen LogP contribution < -0.4 is 0 Å². The van der Waals surface area contributed by atoms with Crippen LogP contribution in [0.4, 0.5) is 13.2 Å². The van der Waals surface area contributed by atoms with E-state index in [1.807, 2.05) is 22.6 Å². The third-order valence-electron chi connectivity index (χ3n) is 2.11. The van der Waals surface area contributed by atoms with Crippen LogP contribution in [0.2, 0.25) is 0 Å². The van der Waals surface area contributed by atoms with Crippen molar-refractivity contribution in [2.75, 3.05) is 13.1 Å². The third kappa shape index (κ3) is 4.53. The molecule has 2 nitrogen and oxygen atoms in total. The minimum absolute atomic E-state index is 0.0316. The molecule has 1 aromatic rings. The molecule has 1 aromatic carbocycles. The minimum atomic E-state index is -4.37. The highest BCUT2D eigenvalue weighted by Crippen LogP contribution is 2.18. The Bertz CT molecular complexity index is 406. The highest BCUT2D eigenvalue weighted by molar-refractivity contribution is 14.1. The van der Waals surface area contributed by atoms with E-state index in [0.29, 0.717) is 0 Å². The number of carbonyl (C=O) groups is 1. The number of benzene rings is 1. The minimum Gasteiger partial charge on any atom is -0.330 e. The fraction of sp³-hybridized carbons (Fsp3) is 0.364. The lowest BCUT2D eigenvalue weighted by Gasteiger charge is -2.22. The Labute approximate surface area is 111 Å². The smallest absolute Gasteiger partial charge is 0.330 e. The summed E-state index contributed by atoms with van der Waals surface area (Å²) in [5.41, 5.74) is 0.281. The second kappa shape index (κ2) is 5.70. The lowest BCUT2D eigenvalue weighted by molar-refractivity contribution is -0.140. The predicted molar refractivity (Wildman–Crippen MR) is 66.8 cm³/mol. The largest absolute Gasteiger partial charge is 0.406 e. The topological polar surface area (TPSA) is 20.3 Å². The molecule has 0 radical (unpaired) electrons. The molecular weight excluding hydrogens is 346 g/mol. The van der Waals surface area contributed by atoms with E-state index >= 15 is 0 Å². The van der Waals surface area contributed by atoms with Crippen LogP contribution in [0.1, 0.15) is 17.3 Å². The van der Waals surface area contributed by atoms with Crippen LogP contribution in [-0.4, -0.2) is 30.1 Å². The van der Waals surface area contributed by atoms with Gasteiger partial charge < -0.3 is 4.90 Å². The van der Waals surface area contributed by atoms with Gasteiger partial charge in [0.2, 0.25) is 0 Å². The molecule has 1 amide bonds. The molecule has 0 atom stereocenters. The van der Waals surface area contributed by atoms with Gasteiger partial charge in [-0.15, -0.1) is 0 Å². The number of carbonyl (C=O) groups excluding carboxylic acids is 1. The van der Waals surface area contributed by atoms with Gasteiger partial charge in [-0.2, -0.15) is 13.2 Å². The van der Waals surface area contributed by atoms with E-state index in [0.717, 1.165) is 8.47 Å². The van der Waals surface area contributed by atoms with Crippen LogP contribution in [0.3, 0.4) is 0 Å². The molecule has 0 fully saturated rings. The van der Waals surface area contributed by atoms with Gasteiger partial charge in [-0.3, -0.25) is 4.79 Å². The number of alkyl halides is 3. The van der Waals surface area contributed by atoms with Gasteiger partial charge in [-0.05, 0) is 47.7 Å². The molecule has 0 aliphatic rings. The van der Waals surface area contributed by atoms with Crippen molar-refractivity contribution in [1.82, 2.24) is 4.90 Å². The zero-order valence-electron chi connectivity index (χ0n) is 9.09. The van der Waals surface area contributed by atoms with Crippen molar-refractivity contribution in [3.63, 3.8) is 0 Å². The van der Waals surface area contributed by atoms with Crippen LogP contribution in [0, 0.1) is 3.57 Å². The first-order chi connectivity index (χ1) is 7.83. The van der Waals surface area contributed by atoms with Crippen molar-refractivity contribution in [3.8, 4) is 0 Å². The quantitative estimate of drug-likeness (QED) is 0.761. The summed E-state index contributed by atoms with van der Waals surface area (Å²) in [6.07, 6.45) is -4.37. The van der Waals surface area contributed by atoms with Gasteiger partial charge >= 0.3 is 6.18 Å². The van der Waals surface area contributed by atoms with Gasteiger partial charge in [-0.1, -0.05) is 6.07 Å². The van der Waals surface area contributed by atoms with Crippen LogP contribution >= 0.6 is 22.6 Å². The van der Waals surface area contributed by atoms with E-state index in [1.165, 1.54) is 13.0 Å². The maximum absolute atomic E-state index is 12.3. The van der Waals surface area contributed by atoms with E-state index in [2.05, 4.69) is 0 Å². The number of rotatable bonds is 3. The first-order valence-electron chi connectivity index (χ1n) is 4.95.